The molecule has 0 radical (unpaired) electrons. The molecular weight excluding hydrogens is 212 g/mol. The van der Waals surface area contributed by atoms with Crippen molar-refractivity contribution in [3.8, 4) is 0 Å². The van der Waals surface area contributed by atoms with Crippen LogP contribution in [-0.4, -0.2) is 24.1 Å². The second-order valence-corrected chi connectivity index (χ2v) is 3.84. The standard InChI is InChI=1S/C13H16N4/c1-10-9-12(16-13(14-2)15-10)17(3)11-7-5-4-6-8-11/h4-9H,1-3H3,(H,14,15,16). The van der Waals surface area contributed by atoms with E-state index in [2.05, 4.69) is 27.4 Å². The van der Waals surface area contributed by atoms with E-state index in [1.165, 1.54) is 0 Å². The first-order valence-corrected chi connectivity index (χ1v) is 5.53. The van der Waals surface area contributed by atoms with E-state index < -0.39 is 0 Å². The van der Waals surface area contributed by atoms with E-state index in [1.54, 1.807) is 0 Å². The lowest BCUT2D eigenvalue weighted by Crippen LogP contribution is -2.13. The molecule has 0 bridgehead atoms. The Labute approximate surface area is 101 Å². The molecule has 0 spiro atoms. The summed E-state index contributed by atoms with van der Waals surface area (Å²) in [5.74, 6) is 1.52. The zero-order valence-corrected chi connectivity index (χ0v) is 10.3. The molecule has 0 amide bonds. The largest absolute Gasteiger partial charge is 0.357 e. The molecule has 0 saturated carbocycles. The number of hydrogen-bond acceptors (Lipinski definition) is 4. The van der Waals surface area contributed by atoms with Crippen LogP contribution in [0.4, 0.5) is 17.5 Å². The van der Waals surface area contributed by atoms with Crippen LogP contribution in [0, 0.1) is 6.92 Å². The Morgan fingerprint density at radius 3 is 2.47 bits per heavy atom. The lowest BCUT2D eigenvalue weighted by atomic mass is 10.3. The first-order valence-electron chi connectivity index (χ1n) is 5.53. The van der Waals surface area contributed by atoms with Gasteiger partial charge in [0.15, 0.2) is 0 Å². The number of aryl methyl sites for hydroxylation is 1. The average molecular weight is 228 g/mol. The van der Waals surface area contributed by atoms with Gasteiger partial charge in [-0.05, 0) is 19.1 Å². The van der Waals surface area contributed by atoms with Gasteiger partial charge in [0.05, 0.1) is 0 Å². The number of rotatable bonds is 3. The zero-order chi connectivity index (χ0) is 12.3. The Balaban J connectivity index is 2.37. The average Bonchev–Trinajstić information content (AvgIpc) is 2.38. The fourth-order valence-corrected chi connectivity index (χ4v) is 1.62. The van der Waals surface area contributed by atoms with Gasteiger partial charge in [0, 0.05) is 31.5 Å². The summed E-state index contributed by atoms with van der Waals surface area (Å²) in [6.45, 7) is 1.96. The number of hydrogen-bond donors (Lipinski definition) is 1. The van der Waals surface area contributed by atoms with E-state index in [4.69, 9.17) is 0 Å². The van der Waals surface area contributed by atoms with Crippen molar-refractivity contribution in [3.05, 3.63) is 42.1 Å². The van der Waals surface area contributed by atoms with Gasteiger partial charge < -0.3 is 10.2 Å². The molecule has 2 aromatic rings. The van der Waals surface area contributed by atoms with Crippen LogP contribution in [0.5, 0.6) is 0 Å². The Hall–Kier alpha value is -2.10. The molecule has 0 aliphatic heterocycles. The summed E-state index contributed by atoms with van der Waals surface area (Å²) in [5.41, 5.74) is 2.05. The molecule has 0 aliphatic carbocycles. The van der Waals surface area contributed by atoms with E-state index in [1.807, 2.05) is 50.2 Å². The minimum Gasteiger partial charge on any atom is -0.357 e. The van der Waals surface area contributed by atoms with E-state index in [0.29, 0.717) is 5.95 Å². The molecular formula is C13H16N4. The third kappa shape index (κ3) is 2.53. The van der Waals surface area contributed by atoms with Crippen molar-refractivity contribution >= 4 is 17.5 Å². The van der Waals surface area contributed by atoms with Crippen LogP contribution in [0.2, 0.25) is 0 Å². The van der Waals surface area contributed by atoms with Crippen molar-refractivity contribution in [3.63, 3.8) is 0 Å². The number of nitrogens with one attached hydrogen (secondary N) is 1. The summed E-state index contributed by atoms with van der Waals surface area (Å²) in [6, 6.07) is 12.1. The smallest absolute Gasteiger partial charge is 0.224 e. The van der Waals surface area contributed by atoms with Crippen LogP contribution in [0.3, 0.4) is 0 Å². The topological polar surface area (TPSA) is 41.1 Å². The summed E-state index contributed by atoms with van der Waals surface area (Å²) in [4.78, 5) is 10.7. The summed E-state index contributed by atoms with van der Waals surface area (Å²) < 4.78 is 0. The normalized spacial score (nSPS) is 10.1. The van der Waals surface area contributed by atoms with Gasteiger partial charge in [-0.1, -0.05) is 18.2 Å². The predicted octanol–water partition coefficient (Wildman–Crippen LogP) is 2.59. The first kappa shape index (κ1) is 11.4. The van der Waals surface area contributed by atoms with Crippen LogP contribution in [0.25, 0.3) is 0 Å². The molecule has 1 N–H and O–H groups in total. The number of nitrogens with zero attached hydrogens (tertiary/aromatic N) is 3. The second-order valence-electron chi connectivity index (χ2n) is 3.84. The Bertz CT molecular complexity index is 496. The molecule has 1 heterocycles. The Morgan fingerprint density at radius 1 is 1.12 bits per heavy atom. The highest BCUT2D eigenvalue weighted by Crippen LogP contribution is 2.22. The van der Waals surface area contributed by atoms with Crippen molar-refractivity contribution in [2.24, 2.45) is 0 Å². The van der Waals surface area contributed by atoms with Crippen LogP contribution < -0.4 is 10.2 Å². The summed E-state index contributed by atoms with van der Waals surface area (Å²) in [5, 5.41) is 2.97. The highest BCUT2D eigenvalue weighted by molar-refractivity contribution is 5.60. The highest BCUT2D eigenvalue weighted by Gasteiger charge is 2.07. The van der Waals surface area contributed by atoms with Gasteiger partial charge >= 0.3 is 0 Å². The number of benzene rings is 1. The molecule has 0 saturated heterocycles. The first-order chi connectivity index (χ1) is 8.20. The molecule has 17 heavy (non-hydrogen) atoms. The van der Waals surface area contributed by atoms with Gasteiger partial charge in [-0.2, -0.15) is 4.98 Å². The van der Waals surface area contributed by atoms with E-state index in [-0.39, 0.29) is 0 Å². The Kier molecular flexibility index (Phi) is 3.23. The summed E-state index contributed by atoms with van der Waals surface area (Å²) >= 11 is 0. The van der Waals surface area contributed by atoms with Crippen molar-refractivity contribution in [1.82, 2.24) is 9.97 Å². The van der Waals surface area contributed by atoms with Gasteiger partial charge in [-0.3, -0.25) is 0 Å². The number of aromatic nitrogens is 2. The second kappa shape index (κ2) is 4.82. The molecule has 1 aromatic heterocycles. The lowest BCUT2D eigenvalue weighted by molar-refractivity contribution is 1.05. The fraction of sp³-hybridized carbons (Fsp3) is 0.231. The maximum absolute atomic E-state index is 4.43. The van der Waals surface area contributed by atoms with E-state index in [0.717, 1.165) is 17.2 Å². The van der Waals surface area contributed by atoms with Crippen LogP contribution in [0.1, 0.15) is 5.69 Å². The van der Waals surface area contributed by atoms with Gasteiger partial charge in [0.25, 0.3) is 0 Å². The summed E-state index contributed by atoms with van der Waals surface area (Å²) in [7, 11) is 3.82. The van der Waals surface area contributed by atoms with Crippen molar-refractivity contribution in [2.45, 2.75) is 6.92 Å². The van der Waals surface area contributed by atoms with Gasteiger partial charge in [0.2, 0.25) is 5.95 Å². The summed E-state index contributed by atoms with van der Waals surface area (Å²) in [6.07, 6.45) is 0. The number of para-hydroxylation sites is 1. The molecule has 2 rings (SSSR count). The zero-order valence-electron chi connectivity index (χ0n) is 10.3. The molecule has 4 heteroatoms. The minimum absolute atomic E-state index is 0.641. The van der Waals surface area contributed by atoms with E-state index >= 15 is 0 Å². The molecule has 1 aromatic carbocycles. The quantitative estimate of drug-likeness (QED) is 0.876. The molecule has 88 valence electrons. The van der Waals surface area contributed by atoms with Crippen LogP contribution in [-0.2, 0) is 0 Å². The van der Waals surface area contributed by atoms with Gasteiger partial charge in [0.1, 0.15) is 5.82 Å². The molecule has 0 fully saturated rings. The van der Waals surface area contributed by atoms with Gasteiger partial charge in [-0.15, -0.1) is 0 Å². The SMILES string of the molecule is CNc1nc(C)cc(N(C)c2ccccc2)n1. The molecule has 0 aliphatic rings. The minimum atomic E-state index is 0.641. The predicted molar refractivity (Wildman–Crippen MR) is 70.8 cm³/mol. The van der Waals surface area contributed by atoms with Crippen LogP contribution >= 0.6 is 0 Å². The van der Waals surface area contributed by atoms with E-state index in [9.17, 15) is 0 Å². The van der Waals surface area contributed by atoms with Crippen LogP contribution in [0.15, 0.2) is 36.4 Å². The number of anilines is 3. The molecule has 4 nitrogen and oxygen atoms in total. The van der Waals surface area contributed by atoms with Crippen molar-refractivity contribution in [2.75, 3.05) is 24.3 Å². The maximum atomic E-state index is 4.43. The van der Waals surface area contributed by atoms with Crippen molar-refractivity contribution in [1.29, 1.82) is 0 Å². The maximum Gasteiger partial charge on any atom is 0.224 e. The third-order valence-electron chi connectivity index (χ3n) is 2.55. The third-order valence-corrected chi connectivity index (χ3v) is 2.55. The van der Waals surface area contributed by atoms with Crippen molar-refractivity contribution < 1.29 is 0 Å². The fourth-order valence-electron chi connectivity index (χ4n) is 1.62. The molecule has 0 unspecified atom stereocenters. The Morgan fingerprint density at radius 2 is 1.82 bits per heavy atom. The highest BCUT2D eigenvalue weighted by atomic mass is 15.2. The molecule has 0 atom stereocenters. The lowest BCUT2D eigenvalue weighted by Gasteiger charge is -2.19. The monoisotopic (exact) mass is 228 g/mol. The van der Waals surface area contributed by atoms with Gasteiger partial charge in [-0.25, -0.2) is 4.98 Å².